The summed E-state index contributed by atoms with van der Waals surface area (Å²) in [6.45, 7) is 10.6. The van der Waals surface area contributed by atoms with Gasteiger partial charge < -0.3 is 10.4 Å². The monoisotopic (exact) mass is 227 g/mol. The molecule has 1 heterocycles. The number of rotatable bonds is 3. The second-order valence-corrected chi connectivity index (χ2v) is 6.41. The number of hydrogen-bond acceptors (Lipinski definition) is 2. The molecule has 0 aromatic heterocycles. The fraction of sp³-hybridized carbons (Fsp3) is 0.923. The van der Waals surface area contributed by atoms with Crippen molar-refractivity contribution in [2.24, 2.45) is 11.8 Å². The van der Waals surface area contributed by atoms with Crippen LogP contribution in [0.3, 0.4) is 0 Å². The van der Waals surface area contributed by atoms with E-state index in [0.29, 0.717) is 0 Å². The van der Waals surface area contributed by atoms with Crippen LogP contribution in [0.1, 0.15) is 53.9 Å². The highest BCUT2D eigenvalue weighted by molar-refractivity contribution is 5.70. The lowest BCUT2D eigenvalue weighted by atomic mass is 9.70. The summed E-state index contributed by atoms with van der Waals surface area (Å²) in [5.74, 6) is -0.546. The molecule has 0 radical (unpaired) electrons. The van der Waals surface area contributed by atoms with Crippen LogP contribution in [0, 0.1) is 11.8 Å². The van der Waals surface area contributed by atoms with E-state index in [9.17, 15) is 9.90 Å². The molecular formula is C13H25NO2. The van der Waals surface area contributed by atoms with Crippen LogP contribution in [0.15, 0.2) is 0 Å². The zero-order chi connectivity index (χ0) is 12.6. The number of carboxylic acids is 1. The Morgan fingerprint density at radius 1 is 1.31 bits per heavy atom. The Hall–Kier alpha value is -0.570. The van der Waals surface area contributed by atoms with Crippen molar-refractivity contribution in [3.8, 4) is 0 Å². The molecule has 0 saturated carbocycles. The molecule has 1 unspecified atom stereocenters. The van der Waals surface area contributed by atoms with Gasteiger partial charge in [0.2, 0.25) is 0 Å². The molecule has 1 aliphatic rings. The third kappa shape index (κ3) is 3.21. The molecule has 16 heavy (non-hydrogen) atoms. The predicted molar refractivity (Wildman–Crippen MR) is 65.4 cm³/mol. The van der Waals surface area contributed by atoms with Crippen LogP contribution in [0.2, 0.25) is 0 Å². The molecule has 3 nitrogen and oxygen atoms in total. The predicted octanol–water partition coefficient (Wildman–Crippen LogP) is 2.65. The van der Waals surface area contributed by atoms with E-state index in [0.717, 1.165) is 19.3 Å². The average molecular weight is 227 g/mol. The first-order valence-corrected chi connectivity index (χ1v) is 6.19. The molecule has 1 atom stereocenters. The molecule has 1 rings (SSSR count). The van der Waals surface area contributed by atoms with Crippen molar-refractivity contribution in [3.63, 3.8) is 0 Å². The minimum atomic E-state index is -0.638. The number of nitrogens with one attached hydrogen (secondary N) is 1. The first kappa shape index (κ1) is 13.5. The molecule has 0 aromatic carbocycles. The standard InChI is InChI=1S/C13H25NO2/c1-6-10(11(15)16)9-7-12(2,3)14-13(4,5)8-9/h9-10,14H,6-8H2,1-5H3,(H,15,16). The number of carbonyl (C=O) groups is 1. The van der Waals surface area contributed by atoms with Gasteiger partial charge in [0, 0.05) is 11.1 Å². The number of aliphatic carboxylic acids is 1. The van der Waals surface area contributed by atoms with Gasteiger partial charge in [0.05, 0.1) is 5.92 Å². The van der Waals surface area contributed by atoms with Crippen molar-refractivity contribution in [2.75, 3.05) is 0 Å². The van der Waals surface area contributed by atoms with Crippen LogP contribution in [0.25, 0.3) is 0 Å². The van der Waals surface area contributed by atoms with Gasteiger partial charge in [-0.3, -0.25) is 4.79 Å². The van der Waals surface area contributed by atoms with Gasteiger partial charge >= 0.3 is 5.97 Å². The Bertz CT molecular complexity index is 255. The quantitative estimate of drug-likeness (QED) is 0.779. The Kier molecular flexibility index (Phi) is 3.68. The minimum absolute atomic E-state index is 0.0370. The molecular weight excluding hydrogens is 202 g/mol. The van der Waals surface area contributed by atoms with Crippen molar-refractivity contribution in [1.29, 1.82) is 0 Å². The Morgan fingerprint density at radius 2 is 1.75 bits per heavy atom. The maximum Gasteiger partial charge on any atom is 0.306 e. The van der Waals surface area contributed by atoms with Crippen LogP contribution in [0.4, 0.5) is 0 Å². The van der Waals surface area contributed by atoms with E-state index in [1.54, 1.807) is 0 Å². The fourth-order valence-electron chi connectivity index (χ4n) is 3.40. The minimum Gasteiger partial charge on any atom is -0.481 e. The van der Waals surface area contributed by atoms with E-state index in [2.05, 4.69) is 33.0 Å². The van der Waals surface area contributed by atoms with Crippen molar-refractivity contribution in [1.82, 2.24) is 5.32 Å². The van der Waals surface area contributed by atoms with Gasteiger partial charge in [-0.05, 0) is 52.9 Å². The van der Waals surface area contributed by atoms with Crippen LogP contribution >= 0.6 is 0 Å². The highest BCUT2D eigenvalue weighted by Crippen LogP contribution is 2.38. The largest absolute Gasteiger partial charge is 0.481 e. The average Bonchev–Trinajstić information content (AvgIpc) is 1.97. The lowest BCUT2D eigenvalue weighted by Crippen LogP contribution is -2.59. The lowest BCUT2D eigenvalue weighted by molar-refractivity contribution is -0.145. The fourth-order valence-corrected chi connectivity index (χ4v) is 3.40. The van der Waals surface area contributed by atoms with Gasteiger partial charge in [0.1, 0.15) is 0 Å². The van der Waals surface area contributed by atoms with Crippen LogP contribution < -0.4 is 5.32 Å². The number of hydrogen-bond donors (Lipinski definition) is 2. The summed E-state index contributed by atoms with van der Waals surface area (Å²) in [5.41, 5.74) is 0.0740. The molecule has 3 heteroatoms. The van der Waals surface area contributed by atoms with Crippen molar-refractivity contribution in [3.05, 3.63) is 0 Å². The normalized spacial score (nSPS) is 26.3. The van der Waals surface area contributed by atoms with E-state index < -0.39 is 5.97 Å². The summed E-state index contributed by atoms with van der Waals surface area (Å²) >= 11 is 0. The number of carboxylic acid groups (broad SMARTS) is 1. The van der Waals surface area contributed by atoms with Gasteiger partial charge in [-0.25, -0.2) is 0 Å². The highest BCUT2D eigenvalue weighted by atomic mass is 16.4. The molecule has 2 N–H and O–H groups in total. The molecule has 0 aromatic rings. The molecule has 0 bridgehead atoms. The van der Waals surface area contributed by atoms with E-state index >= 15 is 0 Å². The van der Waals surface area contributed by atoms with Gasteiger partial charge in [0.25, 0.3) is 0 Å². The van der Waals surface area contributed by atoms with Gasteiger partial charge in [-0.15, -0.1) is 0 Å². The van der Waals surface area contributed by atoms with Gasteiger partial charge in [-0.2, -0.15) is 0 Å². The molecule has 1 fully saturated rings. The summed E-state index contributed by atoms with van der Waals surface area (Å²) in [4.78, 5) is 11.2. The lowest BCUT2D eigenvalue weighted by Gasteiger charge is -2.48. The van der Waals surface area contributed by atoms with Crippen molar-refractivity contribution < 1.29 is 9.90 Å². The van der Waals surface area contributed by atoms with Crippen LogP contribution in [0.5, 0.6) is 0 Å². The Morgan fingerprint density at radius 3 is 2.06 bits per heavy atom. The van der Waals surface area contributed by atoms with Gasteiger partial charge in [-0.1, -0.05) is 6.92 Å². The first-order chi connectivity index (χ1) is 7.17. The first-order valence-electron chi connectivity index (χ1n) is 6.19. The smallest absolute Gasteiger partial charge is 0.306 e. The molecule has 0 amide bonds. The van der Waals surface area contributed by atoms with Gasteiger partial charge in [0.15, 0.2) is 0 Å². The molecule has 94 valence electrons. The van der Waals surface area contributed by atoms with E-state index in [1.807, 2.05) is 6.92 Å². The second kappa shape index (κ2) is 4.36. The summed E-state index contributed by atoms with van der Waals surface area (Å²) in [6.07, 6.45) is 2.62. The van der Waals surface area contributed by atoms with Crippen LogP contribution in [-0.4, -0.2) is 22.2 Å². The molecule has 0 aliphatic carbocycles. The molecule has 1 aliphatic heterocycles. The SMILES string of the molecule is CCC(C(=O)O)C1CC(C)(C)NC(C)(C)C1. The van der Waals surface area contributed by atoms with Crippen LogP contribution in [-0.2, 0) is 4.79 Å². The van der Waals surface area contributed by atoms with E-state index in [4.69, 9.17) is 0 Å². The maximum atomic E-state index is 11.2. The third-order valence-electron chi connectivity index (χ3n) is 3.55. The second-order valence-electron chi connectivity index (χ2n) is 6.41. The highest BCUT2D eigenvalue weighted by Gasteiger charge is 2.41. The zero-order valence-electron chi connectivity index (χ0n) is 11.1. The third-order valence-corrected chi connectivity index (χ3v) is 3.55. The summed E-state index contributed by atoms with van der Waals surface area (Å²) in [5, 5.41) is 12.8. The van der Waals surface area contributed by atoms with Crippen molar-refractivity contribution in [2.45, 2.75) is 65.0 Å². The van der Waals surface area contributed by atoms with E-state index in [-0.39, 0.29) is 22.9 Å². The maximum absolute atomic E-state index is 11.2. The summed E-state index contributed by atoms with van der Waals surface area (Å²) in [6, 6.07) is 0. The van der Waals surface area contributed by atoms with E-state index in [1.165, 1.54) is 0 Å². The number of piperidine rings is 1. The van der Waals surface area contributed by atoms with Crippen molar-refractivity contribution >= 4 is 5.97 Å². The topological polar surface area (TPSA) is 49.3 Å². The summed E-state index contributed by atoms with van der Waals surface area (Å²) in [7, 11) is 0. The summed E-state index contributed by atoms with van der Waals surface area (Å²) < 4.78 is 0. The Balaban J connectivity index is 2.84. The Labute approximate surface area is 98.6 Å². The molecule has 0 spiro atoms. The molecule has 1 saturated heterocycles. The zero-order valence-corrected chi connectivity index (χ0v) is 11.1.